The molecule has 7 heteroatoms. The fourth-order valence-electron chi connectivity index (χ4n) is 3.51. The maximum atomic E-state index is 12.8. The Balaban J connectivity index is 1.36. The Kier molecular flexibility index (Phi) is 4.75. The van der Waals surface area contributed by atoms with Crippen molar-refractivity contribution in [1.29, 1.82) is 0 Å². The van der Waals surface area contributed by atoms with Crippen molar-refractivity contribution in [3.63, 3.8) is 0 Å². The fourth-order valence-corrected chi connectivity index (χ4v) is 4.21. The Morgan fingerprint density at radius 2 is 1.86 bits per heavy atom. The van der Waals surface area contributed by atoms with Crippen molar-refractivity contribution in [3.8, 4) is 11.3 Å². The molecule has 0 aliphatic carbocycles. The SMILES string of the molecule is O=C(Nc1ccccc1-c1cn2ccsc2n1)c1ccc(N2CCOCC2)cc1. The molecular formula is C22H20N4O2S. The van der Waals surface area contributed by atoms with Crippen LogP contribution in [0.15, 0.2) is 66.3 Å². The third-order valence-corrected chi connectivity index (χ3v) is 5.82. The summed E-state index contributed by atoms with van der Waals surface area (Å²) in [4.78, 5) is 20.7. The van der Waals surface area contributed by atoms with Crippen molar-refractivity contribution in [2.75, 3.05) is 36.5 Å². The first kappa shape index (κ1) is 17.9. The van der Waals surface area contributed by atoms with E-state index in [0.29, 0.717) is 5.56 Å². The van der Waals surface area contributed by atoms with E-state index in [-0.39, 0.29) is 5.91 Å². The van der Waals surface area contributed by atoms with Crippen LogP contribution >= 0.6 is 11.3 Å². The summed E-state index contributed by atoms with van der Waals surface area (Å²) in [5.41, 5.74) is 4.24. The van der Waals surface area contributed by atoms with Crippen LogP contribution < -0.4 is 10.2 Å². The average molecular weight is 404 g/mol. The molecule has 29 heavy (non-hydrogen) atoms. The van der Waals surface area contributed by atoms with Crippen molar-refractivity contribution >= 4 is 33.6 Å². The number of amides is 1. The van der Waals surface area contributed by atoms with Gasteiger partial charge in [0.1, 0.15) is 0 Å². The van der Waals surface area contributed by atoms with E-state index in [2.05, 4.69) is 15.2 Å². The lowest BCUT2D eigenvalue weighted by molar-refractivity contribution is 0.102. The third kappa shape index (κ3) is 3.62. The van der Waals surface area contributed by atoms with Crippen molar-refractivity contribution in [2.45, 2.75) is 0 Å². The van der Waals surface area contributed by atoms with Gasteiger partial charge in [-0.25, -0.2) is 4.98 Å². The zero-order valence-electron chi connectivity index (χ0n) is 15.7. The number of thiazole rings is 1. The molecule has 0 bridgehead atoms. The summed E-state index contributed by atoms with van der Waals surface area (Å²) in [5, 5.41) is 5.04. The normalized spacial score (nSPS) is 14.3. The number of hydrogen-bond donors (Lipinski definition) is 1. The summed E-state index contributed by atoms with van der Waals surface area (Å²) in [7, 11) is 0. The Labute approximate surface area is 172 Å². The van der Waals surface area contributed by atoms with Gasteiger partial charge in [0.05, 0.1) is 24.6 Å². The minimum atomic E-state index is -0.132. The Morgan fingerprint density at radius 3 is 2.66 bits per heavy atom. The number of rotatable bonds is 4. The van der Waals surface area contributed by atoms with Crippen LogP contribution in [0.3, 0.4) is 0 Å². The van der Waals surface area contributed by atoms with Crippen molar-refractivity contribution in [2.24, 2.45) is 0 Å². The van der Waals surface area contributed by atoms with Crippen LogP contribution in [0.5, 0.6) is 0 Å². The van der Waals surface area contributed by atoms with Gasteiger partial charge < -0.3 is 15.0 Å². The number of nitrogens with zero attached hydrogens (tertiary/aromatic N) is 3. The number of benzene rings is 2. The molecule has 1 N–H and O–H groups in total. The molecule has 6 nitrogen and oxygen atoms in total. The molecule has 2 aromatic heterocycles. The molecule has 1 aliphatic rings. The van der Waals surface area contributed by atoms with Crippen LogP contribution in [-0.4, -0.2) is 41.6 Å². The predicted octanol–water partition coefficient (Wildman–Crippen LogP) is 4.15. The lowest BCUT2D eigenvalue weighted by Crippen LogP contribution is -2.36. The predicted molar refractivity (Wildman–Crippen MR) is 116 cm³/mol. The summed E-state index contributed by atoms with van der Waals surface area (Å²) in [6, 6.07) is 15.5. The van der Waals surface area contributed by atoms with E-state index in [1.54, 1.807) is 11.3 Å². The molecule has 0 unspecified atom stereocenters. The molecule has 4 aromatic rings. The highest BCUT2D eigenvalue weighted by Crippen LogP contribution is 2.29. The molecular weight excluding hydrogens is 384 g/mol. The van der Waals surface area contributed by atoms with E-state index in [1.165, 1.54) is 0 Å². The largest absolute Gasteiger partial charge is 0.378 e. The summed E-state index contributed by atoms with van der Waals surface area (Å²) >= 11 is 1.59. The number of nitrogens with one attached hydrogen (secondary N) is 1. The van der Waals surface area contributed by atoms with Gasteiger partial charge in [0.15, 0.2) is 4.96 Å². The molecule has 0 radical (unpaired) electrons. The summed E-state index contributed by atoms with van der Waals surface area (Å²) in [5.74, 6) is -0.132. The first-order valence-corrected chi connectivity index (χ1v) is 10.4. The smallest absolute Gasteiger partial charge is 0.255 e. The maximum Gasteiger partial charge on any atom is 0.255 e. The molecule has 5 rings (SSSR count). The Morgan fingerprint density at radius 1 is 1.07 bits per heavy atom. The minimum absolute atomic E-state index is 0.132. The van der Waals surface area contributed by atoms with Crippen molar-refractivity contribution in [1.82, 2.24) is 9.38 Å². The quantitative estimate of drug-likeness (QED) is 0.555. The molecule has 2 aromatic carbocycles. The van der Waals surface area contributed by atoms with E-state index in [4.69, 9.17) is 4.74 Å². The molecule has 1 amide bonds. The number of carbonyl (C=O) groups excluding carboxylic acids is 1. The monoisotopic (exact) mass is 404 g/mol. The minimum Gasteiger partial charge on any atom is -0.378 e. The van der Waals surface area contributed by atoms with Crippen LogP contribution in [0.25, 0.3) is 16.2 Å². The van der Waals surface area contributed by atoms with Gasteiger partial charge in [0, 0.05) is 47.7 Å². The van der Waals surface area contributed by atoms with Crippen LogP contribution in [0.2, 0.25) is 0 Å². The van der Waals surface area contributed by atoms with Gasteiger partial charge in [0.2, 0.25) is 0 Å². The molecule has 146 valence electrons. The number of carbonyl (C=O) groups is 1. The lowest BCUT2D eigenvalue weighted by atomic mass is 10.1. The Hall–Kier alpha value is -3.16. The standard InChI is InChI=1S/C22H20N4O2S/c27-21(16-5-7-17(8-6-16)25-9-12-28-13-10-25)23-19-4-2-1-3-18(19)20-15-26-11-14-29-22(26)24-20/h1-8,11,14-15H,9-10,12-13H2,(H,23,27). The first-order valence-electron chi connectivity index (χ1n) is 9.54. The second-order valence-electron chi connectivity index (χ2n) is 6.86. The highest BCUT2D eigenvalue weighted by Gasteiger charge is 2.15. The van der Waals surface area contributed by atoms with Crippen LogP contribution in [0, 0.1) is 0 Å². The number of fused-ring (bicyclic) bond motifs is 1. The van der Waals surface area contributed by atoms with Crippen LogP contribution in [0.4, 0.5) is 11.4 Å². The van der Waals surface area contributed by atoms with Crippen molar-refractivity contribution in [3.05, 3.63) is 71.9 Å². The molecule has 0 saturated carbocycles. The van der Waals surface area contributed by atoms with Gasteiger partial charge in [0.25, 0.3) is 5.91 Å². The van der Waals surface area contributed by atoms with Gasteiger partial charge in [-0.1, -0.05) is 18.2 Å². The van der Waals surface area contributed by atoms with Gasteiger partial charge in [-0.3, -0.25) is 9.20 Å². The molecule has 1 saturated heterocycles. The zero-order chi connectivity index (χ0) is 19.6. The van der Waals surface area contributed by atoms with Gasteiger partial charge in [-0.05, 0) is 30.3 Å². The van der Waals surface area contributed by atoms with Gasteiger partial charge >= 0.3 is 0 Å². The van der Waals surface area contributed by atoms with E-state index < -0.39 is 0 Å². The Bertz CT molecular complexity index is 1110. The van der Waals surface area contributed by atoms with E-state index in [0.717, 1.165) is 53.9 Å². The summed E-state index contributed by atoms with van der Waals surface area (Å²) < 4.78 is 7.39. The van der Waals surface area contributed by atoms with E-state index in [1.807, 2.05) is 70.7 Å². The van der Waals surface area contributed by atoms with Gasteiger partial charge in [-0.15, -0.1) is 11.3 Å². The highest BCUT2D eigenvalue weighted by molar-refractivity contribution is 7.15. The lowest BCUT2D eigenvalue weighted by Gasteiger charge is -2.28. The van der Waals surface area contributed by atoms with Gasteiger partial charge in [-0.2, -0.15) is 0 Å². The topological polar surface area (TPSA) is 58.9 Å². The highest BCUT2D eigenvalue weighted by atomic mass is 32.1. The van der Waals surface area contributed by atoms with Crippen molar-refractivity contribution < 1.29 is 9.53 Å². The number of para-hydroxylation sites is 1. The number of ether oxygens (including phenoxy) is 1. The molecule has 1 fully saturated rings. The molecule has 0 atom stereocenters. The molecule has 1 aliphatic heterocycles. The second-order valence-corrected chi connectivity index (χ2v) is 7.74. The number of hydrogen-bond acceptors (Lipinski definition) is 5. The van der Waals surface area contributed by atoms with Crippen LogP contribution in [0.1, 0.15) is 10.4 Å². The fraction of sp³-hybridized carbons (Fsp3) is 0.182. The zero-order valence-corrected chi connectivity index (χ0v) is 16.6. The number of anilines is 2. The first-order chi connectivity index (χ1) is 14.3. The number of imidazole rings is 1. The average Bonchev–Trinajstić information content (AvgIpc) is 3.37. The van der Waals surface area contributed by atoms with Crippen LogP contribution in [-0.2, 0) is 4.74 Å². The molecule has 0 spiro atoms. The molecule has 3 heterocycles. The number of morpholine rings is 1. The summed E-state index contributed by atoms with van der Waals surface area (Å²) in [6.45, 7) is 3.23. The maximum absolute atomic E-state index is 12.8. The number of aromatic nitrogens is 2. The third-order valence-electron chi connectivity index (χ3n) is 5.05. The second kappa shape index (κ2) is 7.69. The van der Waals surface area contributed by atoms with E-state index in [9.17, 15) is 4.79 Å². The van der Waals surface area contributed by atoms with E-state index >= 15 is 0 Å². The summed E-state index contributed by atoms with van der Waals surface area (Å²) in [6.07, 6.45) is 3.96.